The molecule has 3 aliphatic carbocycles. The highest BCUT2D eigenvalue weighted by Gasteiger charge is 2.07. The molecular weight excluding hydrogens is 396 g/mol. The fourth-order valence-electron chi connectivity index (χ4n) is 4.17. The van der Waals surface area contributed by atoms with Gasteiger partial charge in [-0.3, -0.25) is 0 Å². The van der Waals surface area contributed by atoms with Gasteiger partial charge in [-0.05, 0) is 88.4 Å². The molecule has 0 aromatic carbocycles. The van der Waals surface area contributed by atoms with Gasteiger partial charge in [-0.25, -0.2) is 0 Å². The highest BCUT2D eigenvalue weighted by Crippen LogP contribution is 2.24. The Bertz CT molecular complexity index is 470. The minimum absolute atomic E-state index is 0.790. The number of rotatable bonds is 3. The molecule has 0 fully saturated rings. The zero-order valence-corrected chi connectivity index (χ0v) is 25.4. The molecule has 0 atom stereocenters. The van der Waals surface area contributed by atoms with Gasteiger partial charge < -0.3 is 0 Å². The lowest BCUT2D eigenvalue weighted by atomic mass is 9.92. The van der Waals surface area contributed by atoms with Gasteiger partial charge in [0.2, 0.25) is 0 Å². The second-order valence-electron chi connectivity index (χ2n) is 9.54. The van der Waals surface area contributed by atoms with E-state index in [9.17, 15) is 0 Å². The van der Waals surface area contributed by atoms with E-state index >= 15 is 0 Å². The van der Waals surface area contributed by atoms with E-state index in [0.29, 0.717) is 0 Å². The topological polar surface area (TPSA) is 0 Å². The van der Waals surface area contributed by atoms with Crippen LogP contribution in [0.25, 0.3) is 0 Å². The molecule has 3 rings (SSSR count). The quantitative estimate of drug-likeness (QED) is 0.366. The van der Waals surface area contributed by atoms with Crippen LogP contribution in [0.3, 0.4) is 0 Å². The predicted molar refractivity (Wildman–Crippen MR) is 158 cm³/mol. The summed E-state index contributed by atoms with van der Waals surface area (Å²) in [6, 6.07) is 0. The summed E-state index contributed by atoms with van der Waals surface area (Å²) in [4.78, 5) is 0. The van der Waals surface area contributed by atoms with E-state index in [1.165, 1.54) is 77.0 Å². The van der Waals surface area contributed by atoms with Gasteiger partial charge in [0.05, 0.1) is 0 Å². The fraction of sp³-hybridized carbons (Fsp3) is 0.818. The maximum absolute atomic E-state index is 2.46. The maximum atomic E-state index is 2.46. The molecular formula is C33H66. The van der Waals surface area contributed by atoms with Gasteiger partial charge in [0.1, 0.15) is 0 Å². The van der Waals surface area contributed by atoms with Crippen molar-refractivity contribution in [2.45, 2.75) is 160 Å². The van der Waals surface area contributed by atoms with Crippen LogP contribution in [0.1, 0.15) is 160 Å². The van der Waals surface area contributed by atoms with Crippen LogP contribution in [-0.4, -0.2) is 0 Å². The van der Waals surface area contributed by atoms with Crippen molar-refractivity contribution in [1.82, 2.24) is 0 Å². The van der Waals surface area contributed by atoms with Crippen molar-refractivity contribution in [2.75, 3.05) is 0 Å². The van der Waals surface area contributed by atoms with Gasteiger partial charge in [0.25, 0.3) is 0 Å². The molecule has 0 unspecified atom stereocenters. The lowest BCUT2D eigenvalue weighted by Gasteiger charge is -2.15. The smallest absolute Gasteiger partial charge is 0.0260 e. The molecule has 3 aliphatic rings. The second-order valence-corrected chi connectivity index (χ2v) is 9.54. The first-order valence-electron chi connectivity index (χ1n) is 15.0. The van der Waals surface area contributed by atoms with Gasteiger partial charge >= 0.3 is 0 Å². The van der Waals surface area contributed by atoms with Crippen LogP contribution in [0.5, 0.6) is 0 Å². The Morgan fingerprint density at radius 2 is 0.667 bits per heavy atom. The molecule has 0 heteroatoms. The first-order valence-corrected chi connectivity index (χ1v) is 15.0. The van der Waals surface area contributed by atoms with Crippen molar-refractivity contribution < 1.29 is 0 Å². The van der Waals surface area contributed by atoms with Gasteiger partial charge in [-0.1, -0.05) is 124 Å². The number of allylic oxidation sites excluding steroid dienone is 6. The molecule has 0 amide bonds. The van der Waals surface area contributed by atoms with Gasteiger partial charge in [0.15, 0.2) is 0 Å². The summed E-state index contributed by atoms with van der Waals surface area (Å²) in [5.41, 5.74) is 5.05. The summed E-state index contributed by atoms with van der Waals surface area (Å²) in [7, 11) is 0. The average Bonchev–Trinajstić information content (AvgIpc) is 3.27. The summed E-state index contributed by atoms with van der Waals surface area (Å²) in [5.74, 6) is 2.39. The van der Waals surface area contributed by atoms with Crippen molar-refractivity contribution in [1.29, 1.82) is 0 Å². The normalized spacial score (nSPS) is 17.0. The summed E-state index contributed by atoms with van der Waals surface area (Å²) in [6.45, 7) is 25.7. The van der Waals surface area contributed by atoms with Crippen molar-refractivity contribution >= 4 is 0 Å². The van der Waals surface area contributed by atoms with Crippen LogP contribution < -0.4 is 0 Å². The zero-order chi connectivity index (χ0) is 26.1. The molecule has 198 valence electrons. The Morgan fingerprint density at radius 3 is 0.939 bits per heavy atom. The SMILES string of the molecule is CC.CC.CC.CC(C)C1=CCCC1.CC(C)C1=CCCCC1.CC(C)C1=CCCCCC1. The van der Waals surface area contributed by atoms with Crippen LogP contribution in [0.2, 0.25) is 0 Å². The third kappa shape index (κ3) is 21.5. The number of hydrogen-bond donors (Lipinski definition) is 0. The van der Waals surface area contributed by atoms with E-state index in [1.807, 2.05) is 41.5 Å². The molecule has 0 saturated heterocycles. The molecule has 0 spiro atoms. The molecule has 33 heavy (non-hydrogen) atoms. The minimum Gasteiger partial charge on any atom is -0.0851 e. The molecule has 0 aliphatic heterocycles. The van der Waals surface area contributed by atoms with Crippen LogP contribution >= 0.6 is 0 Å². The van der Waals surface area contributed by atoms with Crippen LogP contribution in [0, 0.1) is 17.8 Å². The third-order valence-electron chi connectivity index (χ3n) is 6.20. The lowest BCUT2D eigenvalue weighted by molar-refractivity contribution is 0.620. The maximum Gasteiger partial charge on any atom is -0.0260 e. The number of hydrogen-bond acceptors (Lipinski definition) is 0. The van der Waals surface area contributed by atoms with Crippen molar-refractivity contribution in [3.63, 3.8) is 0 Å². The third-order valence-corrected chi connectivity index (χ3v) is 6.20. The zero-order valence-electron chi connectivity index (χ0n) is 25.4. The van der Waals surface area contributed by atoms with Gasteiger partial charge in [-0.2, -0.15) is 0 Å². The standard InChI is InChI=1S/C10H18.C9H16.C8H14.3C2H6/c1-9(2)10-7-5-3-4-6-8-10;1-8(2)9-6-4-3-5-7-9;1-7(2)8-5-3-4-6-8;3*1-2/h7,9H,3-6,8H2,1-2H3;6,8H,3-5,7H2,1-2H3;5,7H,3-4,6H2,1-2H3;3*1-2H3. The molecule has 0 saturated carbocycles. The van der Waals surface area contributed by atoms with Gasteiger partial charge in [-0.15, -0.1) is 0 Å². The minimum atomic E-state index is 0.790. The highest BCUT2D eigenvalue weighted by molar-refractivity contribution is 5.09. The molecule has 0 aromatic heterocycles. The van der Waals surface area contributed by atoms with Crippen LogP contribution in [0.15, 0.2) is 34.9 Å². The first-order chi connectivity index (χ1) is 15.9. The summed E-state index contributed by atoms with van der Waals surface area (Å²) >= 11 is 0. The second kappa shape index (κ2) is 27.5. The molecule has 0 bridgehead atoms. The largest absolute Gasteiger partial charge is 0.0851 e. The molecule has 0 nitrogen and oxygen atoms in total. The van der Waals surface area contributed by atoms with E-state index in [0.717, 1.165) is 17.8 Å². The summed E-state index contributed by atoms with van der Waals surface area (Å²) in [6.07, 6.45) is 23.8. The first kappa shape index (κ1) is 36.8. The van der Waals surface area contributed by atoms with Crippen LogP contribution in [-0.2, 0) is 0 Å². The summed E-state index contributed by atoms with van der Waals surface area (Å²) in [5, 5.41) is 0. The molecule has 0 heterocycles. The highest BCUT2D eigenvalue weighted by atomic mass is 14.1. The molecule has 0 N–H and O–H groups in total. The predicted octanol–water partition coefficient (Wildman–Crippen LogP) is 12.5. The van der Waals surface area contributed by atoms with E-state index in [4.69, 9.17) is 0 Å². The van der Waals surface area contributed by atoms with Crippen molar-refractivity contribution in [2.24, 2.45) is 17.8 Å². The fourth-order valence-corrected chi connectivity index (χ4v) is 4.17. The average molecular weight is 463 g/mol. The molecule has 0 radical (unpaired) electrons. The molecule has 0 aromatic rings. The van der Waals surface area contributed by atoms with E-state index < -0.39 is 0 Å². The van der Waals surface area contributed by atoms with Crippen molar-refractivity contribution in [3.05, 3.63) is 34.9 Å². The lowest BCUT2D eigenvalue weighted by Crippen LogP contribution is -1.98. The van der Waals surface area contributed by atoms with Gasteiger partial charge in [0, 0.05) is 0 Å². The van der Waals surface area contributed by atoms with E-state index in [-0.39, 0.29) is 0 Å². The van der Waals surface area contributed by atoms with Crippen LogP contribution in [0.4, 0.5) is 0 Å². The van der Waals surface area contributed by atoms with E-state index in [1.54, 1.807) is 16.7 Å². The Hall–Kier alpha value is -0.780. The summed E-state index contributed by atoms with van der Waals surface area (Å²) < 4.78 is 0. The van der Waals surface area contributed by atoms with E-state index in [2.05, 4.69) is 59.8 Å². The monoisotopic (exact) mass is 463 g/mol. The Kier molecular flexibility index (Phi) is 30.6. The Balaban J connectivity index is -0.000000368. The Labute approximate surface area is 212 Å². The van der Waals surface area contributed by atoms with Crippen molar-refractivity contribution in [3.8, 4) is 0 Å². The Morgan fingerprint density at radius 1 is 0.394 bits per heavy atom.